The van der Waals surface area contributed by atoms with E-state index >= 15 is 0 Å². The van der Waals surface area contributed by atoms with Crippen molar-refractivity contribution in [1.82, 2.24) is 4.90 Å². The van der Waals surface area contributed by atoms with Gasteiger partial charge in [-0.15, -0.1) is 0 Å². The Bertz CT molecular complexity index is 368. The molecule has 0 aromatic heterocycles. The summed E-state index contributed by atoms with van der Waals surface area (Å²) in [5.41, 5.74) is 0. The number of ketones is 1. The molecular formula is C10H13NO6. The molecule has 2 unspecified atom stereocenters. The number of ether oxygens (including phenoxy) is 1. The van der Waals surface area contributed by atoms with E-state index in [1.165, 1.54) is 12.3 Å². The molecule has 17 heavy (non-hydrogen) atoms. The summed E-state index contributed by atoms with van der Waals surface area (Å²) in [6.45, 7) is -0.459. The van der Waals surface area contributed by atoms with Crippen LogP contribution in [0.4, 0.5) is 0 Å². The van der Waals surface area contributed by atoms with Crippen LogP contribution in [0.15, 0.2) is 12.3 Å². The molecule has 1 saturated heterocycles. The molecule has 0 bridgehead atoms. The van der Waals surface area contributed by atoms with Gasteiger partial charge in [0.05, 0.1) is 13.0 Å². The van der Waals surface area contributed by atoms with Crippen molar-refractivity contribution < 1.29 is 29.6 Å². The molecular weight excluding hydrogens is 230 g/mol. The molecule has 0 aromatic carbocycles. The Balaban J connectivity index is 2.16. The molecule has 0 aliphatic carbocycles. The van der Waals surface area contributed by atoms with E-state index in [0.29, 0.717) is 0 Å². The zero-order valence-corrected chi connectivity index (χ0v) is 8.89. The summed E-state index contributed by atoms with van der Waals surface area (Å²) in [6, 6.07) is 0. The first kappa shape index (κ1) is 12.2. The number of aliphatic hydroxyl groups excluding tert-OH is 3. The van der Waals surface area contributed by atoms with Crippen LogP contribution in [-0.2, 0) is 14.3 Å². The zero-order chi connectivity index (χ0) is 12.6. The van der Waals surface area contributed by atoms with E-state index in [9.17, 15) is 19.8 Å². The number of aliphatic hydroxyl groups is 3. The molecule has 2 aliphatic heterocycles. The van der Waals surface area contributed by atoms with Crippen molar-refractivity contribution in [2.24, 2.45) is 0 Å². The van der Waals surface area contributed by atoms with Crippen molar-refractivity contribution in [3.05, 3.63) is 12.3 Å². The molecule has 0 saturated carbocycles. The van der Waals surface area contributed by atoms with Crippen molar-refractivity contribution in [2.75, 3.05) is 6.61 Å². The lowest BCUT2D eigenvalue weighted by Crippen LogP contribution is -2.46. The fraction of sp³-hybridized carbons (Fsp3) is 0.600. The molecule has 1 fully saturated rings. The summed E-state index contributed by atoms with van der Waals surface area (Å²) in [6.07, 6.45) is -2.45. The summed E-state index contributed by atoms with van der Waals surface area (Å²) in [5.74, 6) is -0.828. The van der Waals surface area contributed by atoms with E-state index < -0.39 is 37.1 Å². The predicted octanol–water partition coefficient (Wildman–Crippen LogP) is -2.26. The third-order valence-electron chi connectivity index (χ3n) is 2.83. The van der Waals surface area contributed by atoms with E-state index in [1.807, 2.05) is 0 Å². The average Bonchev–Trinajstić information content (AvgIpc) is 2.57. The van der Waals surface area contributed by atoms with Gasteiger partial charge in [-0.05, 0) is 6.08 Å². The Morgan fingerprint density at radius 1 is 1.35 bits per heavy atom. The van der Waals surface area contributed by atoms with Gasteiger partial charge in [-0.25, -0.2) is 0 Å². The predicted molar refractivity (Wildman–Crippen MR) is 53.4 cm³/mol. The van der Waals surface area contributed by atoms with Gasteiger partial charge in [0.1, 0.15) is 18.3 Å². The number of carbonyl (C=O) groups excluding carboxylic acids is 2. The minimum absolute atomic E-state index is 0.289. The Hall–Kier alpha value is -1.28. The van der Waals surface area contributed by atoms with Crippen LogP contribution in [0.5, 0.6) is 0 Å². The van der Waals surface area contributed by atoms with Crippen LogP contribution < -0.4 is 0 Å². The van der Waals surface area contributed by atoms with E-state index in [0.717, 1.165) is 4.90 Å². The van der Waals surface area contributed by atoms with E-state index in [2.05, 4.69) is 0 Å². The van der Waals surface area contributed by atoms with Crippen LogP contribution in [0.3, 0.4) is 0 Å². The largest absolute Gasteiger partial charge is 0.394 e. The van der Waals surface area contributed by atoms with Crippen LogP contribution in [0.1, 0.15) is 6.42 Å². The lowest BCUT2D eigenvalue weighted by Gasteiger charge is -2.28. The maximum atomic E-state index is 11.6. The monoisotopic (exact) mass is 243 g/mol. The summed E-state index contributed by atoms with van der Waals surface area (Å²) in [4.78, 5) is 23.6. The molecule has 3 N–H and O–H groups in total. The second kappa shape index (κ2) is 4.53. The van der Waals surface area contributed by atoms with Crippen LogP contribution in [0.25, 0.3) is 0 Å². The molecule has 0 aromatic rings. The highest BCUT2D eigenvalue weighted by molar-refractivity contribution is 6.06. The van der Waals surface area contributed by atoms with Crippen LogP contribution in [0.2, 0.25) is 0 Å². The second-order valence-corrected chi connectivity index (χ2v) is 3.99. The average molecular weight is 243 g/mol. The van der Waals surface area contributed by atoms with Gasteiger partial charge in [0.15, 0.2) is 12.0 Å². The summed E-state index contributed by atoms with van der Waals surface area (Å²) in [7, 11) is 0. The minimum atomic E-state index is -1.31. The highest BCUT2D eigenvalue weighted by Gasteiger charge is 2.46. The van der Waals surface area contributed by atoms with Gasteiger partial charge < -0.3 is 20.1 Å². The molecule has 0 spiro atoms. The number of hydrogen-bond acceptors (Lipinski definition) is 6. The molecule has 2 heterocycles. The summed E-state index contributed by atoms with van der Waals surface area (Å²) < 4.78 is 5.17. The van der Waals surface area contributed by atoms with Gasteiger partial charge in [0.2, 0.25) is 5.91 Å². The van der Waals surface area contributed by atoms with Gasteiger partial charge >= 0.3 is 0 Å². The van der Waals surface area contributed by atoms with E-state index in [4.69, 9.17) is 9.84 Å². The number of allylic oxidation sites excluding steroid dienone is 1. The molecule has 1 amide bonds. The van der Waals surface area contributed by atoms with Crippen LogP contribution in [-0.4, -0.2) is 63.1 Å². The van der Waals surface area contributed by atoms with Crippen molar-refractivity contribution >= 4 is 11.7 Å². The molecule has 94 valence electrons. The highest BCUT2D eigenvalue weighted by atomic mass is 16.6. The molecule has 7 nitrogen and oxygen atoms in total. The van der Waals surface area contributed by atoms with E-state index in [-0.39, 0.29) is 12.2 Å². The molecule has 2 aliphatic rings. The van der Waals surface area contributed by atoms with Gasteiger partial charge in [-0.2, -0.15) is 0 Å². The third kappa shape index (κ3) is 2.09. The van der Waals surface area contributed by atoms with Gasteiger partial charge in [-0.1, -0.05) is 0 Å². The normalized spacial score (nSPS) is 37.9. The summed E-state index contributed by atoms with van der Waals surface area (Å²) in [5, 5.41) is 28.1. The summed E-state index contributed by atoms with van der Waals surface area (Å²) >= 11 is 0. The lowest BCUT2D eigenvalue weighted by atomic mass is 10.1. The fourth-order valence-electron chi connectivity index (χ4n) is 1.88. The fourth-order valence-corrected chi connectivity index (χ4v) is 1.88. The van der Waals surface area contributed by atoms with Crippen molar-refractivity contribution in [1.29, 1.82) is 0 Å². The second-order valence-electron chi connectivity index (χ2n) is 3.99. The Labute approximate surface area is 96.9 Å². The molecule has 0 radical (unpaired) electrons. The first-order valence-electron chi connectivity index (χ1n) is 5.19. The molecule has 2 rings (SSSR count). The van der Waals surface area contributed by atoms with Gasteiger partial charge in [-0.3, -0.25) is 14.5 Å². The van der Waals surface area contributed by atoms with Crippen molar-refractivity contribution in [2.45, 2.75) is 31.0 Å². The van der Waals surface area contributed by atoms with Crippen molar-refractivity contribution in [3.8, 4) is 0 Å². The number of rotatable bonds is 2. The third-order valence-corrected chi connectivity index (χ3v) is 2.83. The first-order chi connectivity index (χ1) is 8.04. The highest BCUT2D eigenvalue weighted by Crippen LogP contribution is 2.25. The van der Waals surface area contributed by atoms with Gasteiger partial charge in [0.25, 0.3) is 0 Å². The molecule has 4 atom stereocenters. The minimum Gasteiger partial charge on any atom is -0.394 e. The lowest BCUT2D eigenvalue weighted by molar-refractivity contribution is -0.148. The Morgan fingerprint density at radius 2 is 2.06 bits per heavy atom. The Kier molecular flexibility index (Phi) is 3.25. The SMILES string of the molecule is O=C1C=CN([C@H]2O[C@@H](CO)C(O)C2O)C(=O)C1. The number of nitrogens with zero attached hydrogens (tertiary/aromatic N) is 1. The Morgan fingerprint density at radius 3 is 2.59 bits per heavy atom. The number of hydrogen-bond donors (Lipinski definition) is 3. The van der Waals surface area contributed by atoms with Crippen LogP contribution >= 0.6 is 0 Å². The zero-order valence-electron chi connectivity index (χ0n) is 8.89. The maximum absolute atomic E-state index is 11.6. The topological polar surface area (TPSA) is 107 Å². The smallest absolute Gasteiger partial charge is 0.236 e. The van der Waals surface area contributed by atoms with Crippen molar-refractivity contribution in [3.63, 3.8) is 0 Å². The van der Waals surface area contributed by atoms with Gasteiger partial charge in [0, 0.05) is 6.20 Å². The molecule has 7 heteroatoms. The quantitative estimate of drug-likeness (QED) is 0.472. The van der Waals surface area contributed by atoms with E-state index in [1.54, 1.807) is 0 Å². The van der Waals surface area contributed by atoms with Crippen LogP contribution in [0, 0.1) is 0 Å². The number of carbonyl (C=O) groups is 2. The standard InChI is InChI=1S/C10H13NO6/c12-4-6-8(15)9(16)10(17-6)11-2-1-5(13)3-7(11)14/h1-2,6,8-10,12,15-16H,3-4H2/t6-,8?,9?,10-/m0/s1. The number of amides is 1. The maximum Gasteiger partial charge on any atom is 0.236 e. The first-order valence-corrected chi connectivity index (χ1v) is 5.19.